The molecule has 1 unspecified atom stereocenters. The van der Waals surface area contributed by atoms with Crippen LogP contribution in [0.15, 0.2) is 63.1 Å². The summed E-state index contributed by atoms with van der Waals surface area (Å²) in [4.78, 5) is 48.6. The molecule has 0 saturated carbocycles. The summed E-state index contributed by atoms with van der Waals surface area (Å²) >= 11 is 9.11. The first-order chi connectivity index (χ1) is 19.4. The molecule has 2 amide bonds. The van der Waals surface area contributed by atoms with Crippen molar-refractivity contribution in [3.8, 4) is 11.8 Å². The first-order valence-corrected chi connectivity index (χ1v) is 15.1. The lowest BCUT2D eigenvalue weighted by Crippen LogP contribution is -2.45. The Hall–Kier alpha value is -3.46. The minimum absolute atomic E-state index is 0.0810. The molecular formula is C28H26ClN5O4S2. The van der Waals surface area contributed by atoms with Crippen LogP contribution < -0.4 is 5.56 Å². The van der Waals surface area contributed by atoms with Gasteiger partial charge >= 0.3 is 5.56 Å². The molecule has 9 nitrogen and oxygen atoms in total. The smallest absolute Gasteiger partial charge is 0.315 e. The minimum Gasteiger partial charge on any atom is -0.501 e. The average Bonchev–Trinajstić information content (AvgIpc) is 3.45. The van der Waals surface area contributed by atoms with Gasteiger partial charge in [0.2, 0.25) is 11.7 Å². The Labute approximate surface area is 244 Å². The number of nitriles is 1. The maximum Gasteiger partial charge on any atom is 0.315 e. The topological polar surface area (TPSA) is 120 Å². The van der Waals surface area contributed by atoms with Crippen molar-refractivity contribution in [2.24, 2.45) is 0 Å². The van der Waals surface area contributed by atoms with Crippen molar-refractivity contribution in [1.29, 1.82) is 5.26 Å². The first-order valence-electron chi connectivity index (χ1n) is 12.8. The van der Waals surface area contributed by atoms with Gasteiger partial charge in [0.05, 0.1) is 28.5 Å². The molecule has 40 heavy (non-hydrogen) atoms. The molecule has 0 radical (unpaired) electrons. The van der Waals surface area contributed by atoms with E-state index < -0.39 is 23.3 Å². The first kappa shape index (κ1) is 28.1. The molecule has 12 heteroatoms. The number of aromatic hydroxyl groups is 1. The molecule has 0 aliphatic carbocycles. The van der Waals surface area contributed by atoms with E-state index in [1.54, 1.807) is 32.6 Å². The fraction of sp³-hybridized carbons (Fsp3) is 0.321. The van der Waals surface area contributed by atoms with Crippen molar-refractivity contribution < 1.29 is 14.7 Å². The zero-order valence-corrected chi connectivity index (χ0v) is 23.8. The molecule has 1 fully saturated rings. The molecule has 0 bridgehead atoms. The van der Waals surface area contributed by atoms with Gasteiger partial charge in [0.15, 0.2) is 5.69 Å². The molecule has 2 aromatic carbocycles. The van der Waals surface area contributed by atoms with E-state index in [2.05, 4.69) is 11.1 Å². The number of rotatable bonds is 8. The monoisotopic (exact) mass is 595 g/mol. The third kappa shape index (κ3) is 5.84. The molecule has 3 aromatic rings. The van der Waals surface area contributed by atoms with Gasteiger partial charge in [-0.05, 0) is 43.2 Å². The van der Waals surface area contributed by atoms with Gasteiger partial charge in [0.25, 0.3) is 5.91 Å². The summed E-state index contributed by atoms with van der Waals surface area (Å²) in [6, 6.07) is 16.2. The maximum atomic E-state index is 13.4. The molecule has 206 valence electrons. The van der Waals surface area contributed by atoms with E-state index in [4.69, 9.17) is 16.9 Å². The summed E-state index contributed by atoms with van der Waals surface area (Å²) < 4.78 is 1.61. The number of carbonyl (C=O) groups excluding carboxylic acids is 2. The van der Waals surface area contributed by atoms with Crippen molar-refractivity contribution in [3.05, 3.63) is 81.0 Å². The number of hydrogen-bond acceptors (Lipinski definition) is 8. The maximum absolute atomic E-state index is 13.4. The number of thioether (sulfide) groups is 2. The second-order valence-corrected chi connectivity index (χ2v) is 12.0. The summed E-state index contributed by atoms with van der Waals surface area (Å²) in [7, 11) is 0. The van der Waals surface area contributed by atoms with Crippen LogP contribution in [0.4, 0.5) is 0 Å². The normalized spacial score (nSPS) is 16.6. The van der Waals surface area contributed by atoms with E-state index >= 15 is 0 Å². The number of amides is 2. The Balaban J connectivity index is 1.31. The molecule has 1 N–H and O–H groups in total. The molecule has 2 aliphatic heterocycles. The van der Waals surface area contributed by atoms with Gasteiger partial charge in [-0.15, -0.1) is 23.5 Å². The van der Waals surface area contributed by atoms with E-state index in [1.807, 2.05) is 30.3 Å². The summed E-state index contributed by atoms with van der Waals surface area (Å²) in [5.41, 5.74) is -0.384. The number of carbonyl (C=O) groups is 2. The standard InChI is InChI=1S/C28H26ClN5O4S2/c29-20-7-1-2-9-22(20)40-17-23(35)33-10-4-8-21(33)26-31-27(37)25(36)24-28(38)32(11-12-34(24)26)13-14-39-19-6-3-5-18(15-19)16-30/h1-3,5-7,9,15,21,36H,4,8,10-14,17H2. The van der Waals surface area contributed by atoms with Crippen LogP contribution in [-0.2, 0) is 11.3 Å². The number of benzene rings is 2. The van der Waals surface area contributed by atoms with E-state index in [0.29, 0.717) is 54.8 Å². The highest BCUT2D eigenvalue weighted by Crippen LogP contribution is 2.35. The quantitative estimate of drug-likeness (QED) is 0.385. The van der Waals surface area contributed by atoms with Crippen LogP contribution in [0.5, 0.6) is 5.75 Å². The Bertz CT molecular complexity index is 1560. The molecule has 1 saturated heterocycles. The van der Waals surface area contributed by atoms with E-state index in [0.717, 1.165) is 16.2 Å². The predicted molar refractivity (Wildman–Crippen MR) is 154 cm³/mol. The molecule has 2 aliphatic rings. The number of hydrogen-bond donors (Lipinski definition) is 1. The highest BCUT2D eigenvalue weighted by atomic mass is 35.5. The zero-order valence-electron chi connectivity index (χ0n) is 21.5. The Morgan fingerprint density at radius 3 is 2.75 bits per heavy atom. The van der Waals surface area contributed by atoms with Crippen LogP contribution in [0.3, 0.4) is 0 Å². The number of aromatic nitrogens is 2. The van der Waals surface area contributed by atoms with Gasteiger partial charge in [-0.3, -0.25) is 14.4 Å². The minimum atomic E-state index is -0.871. The Morgan fingerprint density at radius 2 is 1.95 bits per heavy atom. The summed E-state index contributed by atoms with van der Waals surface area (Å²) in [5.74, 6) is -0.124. The summed E-state index contributed by atoms with van der Waals surface area (Å²) in [5, 5.41) is 20.3. The molecule has 5 rings (SSSR count). The van der Waals surface area contributed by atoms with Crippen LogP contribution in [0.25, 0.3) is 0 Å². The van der Waals surface area contributed by atoms with Crippen LogP contribution in [0.2, 0.25) is 5.02 Å². The van der Waals surface area contributed by atoms with Gasteiger partial charge in [-0.25, -0.2) is 0 Å². The molecule has 1 atom stereocenters. The predicted octanol–water partition coefficient (Wildman–Crippen LogP) is 4.18. The highest BCUT2D eigenvalue weighted by Gasteiger charge is 2.37. The summed E-state index contributed by atoms with van der Waals surface area (Å²) in [6.45, 7) is 1.64. The second-order valence-electron chi connectivity index (χ2n) is 9.37. The molecular weight excluding hydrogens is 570 g/mol. The van der Waals surface area contributed by atoms with E-state index in [-0.39, 0.29) is 17.4 Å². The Morgan fingerprint density at radius 1 is 1.12 bits per heavy atom. The highest BCUT2D eigenvalue weighted by molar-refractivity contribution is 8.00. The number of nitrogens with zero attached hydrogens (tertiary/aromatic N) is 5. The van der Waals surface area contributed by atoms with Crippen molar-refractivity contribution in [2.75, 3.05) is 31.1 Å². The Kier molecular flexibility index (Phi) is 8.69. The van der Waals surface area contributed by atoms with E-state index in [9.17, 15) is 19.5 Å². The largest absolute Gasteiger partial charge is 0.501 e. The van der Waals surface area contributed by atoms with Gasteiger partial charge < -0.3 is 19.5 Å². The molecule has 0 spiro atoms. The van der Waals surface area contributed by atoms with Crippen molar-refractivity contribution in [2.45, 2.75) is 35.2 Å². The average molecular weight is 596 g/mol. The number of fused-ring (bicyclic) bond motifs is 1. The third-order valence-electron chi connectivity index (χ3n) is 6.92. The molecule has 1 aromatic heterocycles. The fourth-order valence-electron chi connectivity index (χ4n) is 4.99. The lowest BCUT2D eigenvalue weighted by Gasteiger charge is -2.33. The van der Waals surface area contributed by atoms with Crippen molar-refractivity contribution >= 4 is 46.9 Å². The lowest BCUT2D eigenvalue weighted by atomic mass is 10.1. The fourth-order valence-corrected chi connectivity index (χ4v) is 7.05. The third-order valence-corrected chi connectivity index (χ3v) is 9.40. The summed E-state index contributed by atoms with van der Waals surface area (Å²) in [6.07, 6.45) is 1.35. The SMILES string of the molecule is N#Cc1cccc(SCCN2CCn3c(C4CCCN4C(=O)CSc4ccccc4Cl)nc(=O)c(O)c3C2=O)c1. The van der Waals surface area contributed by atoms with Crippen LogP contribution in [-0.4, -0.2) is 67.4 Å². The second kappa shape index (κ2) is 12.4. The van der Waals surface area contributed by atoms with Gasteiger partial charge in [0, 0.05) is 41.7 Å². The number of halogens is 1. The van der Waals surface area contributed by atoms with Crippen LogP contribution in [0, 0.1) is 11.3 Å². The van der Waals surface area contributed by atoms with Gasteiger partial charge in [0.1, 0.15) is 5.82 Å². The van der Waals surface area contributed by atoms with Crippen molar-refractivity contribution in [3.63, 3.8) is 0 Å². The van der Waals surface area contributed by atoms with Crippen LogP contribution in [0.1, 0.15) is 40.8 Å². The van der Waals surface area contributed by atoms with Crippen molar-refractivity contribution in [1.82, 2.24) is 19.4 Å². The lowest BCUT2D eigenvalue weighted by molar-refractivity contribution is -0.129. The van der Waals surface area contributed by atoms with Crippen LogP contribution >= 0.6 is 35.1 Å². The number of likely N-dealkylation sites (tertiary alicyclic amines) is 1. The molecule has 3 heterocycles. The van der Waals surface area contributed by atoms with Gasteiger partial charge in [-0.1, -0.05) is 29.8 Å². The van der Waals surface area contributed by atoms with Gasteiger partial charge in [-0.2, -0.15) is 10.2 Å². The van der Waals surface area contributed by atoms with E-state index in [1.165, 1.54) is 23.5 Å². The zero-order chi connectivity index (χ0) is 28.2.